The standard InChI is InChI=1S/C21H26N2O5S/c1-27-19-10-9-17(21(24)22-15-18-8-5-13-28-18)14-20(19)29(25,26)23-12-11-16-6-3-2-4-7-16/h2-4,6-7,9-10,14,18,23H,5,8,11-13,15H2,1H3,(H,22,24)/t18-/m0/s1. The fourth-order valence-corrected chi connectivity index (χ4v) is 4.42. The van der Waals surface area contributed by atoms with E-state index in [0.29, 0.717) is 19.6 Å². The van der Waals surface area contributed by atoms with Crippen LogP contribution < -0.4 is 14.8 Å². The fourth-order valence-electron chi connectivity index (χ4n) is 3.19. The zero-order chi connectivity index (χ0) is 20.7. The molecule has 1 amide bonds. The number of hydrogen-bond donors (Lipinski definition) is 2. The largest absolute Gasteiger partial charge is 0.495 e. The Morgan fingerprint density at radius 1 is 1.21 bits per heavy atom. The van der Waals surface area contributed by atoms with Gasteiger partial charge in [-0.1, -0.05) is 30.3 Å². The van der Waals surface area contributed by atoms with Crippen molar-refractivity contribution in [3.05, 3.63) is 59.7 Å². The second-order valence-electron chi connectivity index (χ2n) is 6.84. The number of carbonyl (C=O) groups is 1. The molecule has 8 heteroatoms. The summed E-state index contributed by atoms with van der Waals surface area (Å²) in [4.78, 5) is 12.4. The van der Waals surface area contributed by atoms with Crippen molar-refractivity contribution in [3.8, 4) is 5.75 Å². The third kappa shape index (κ3) is 5.79. The average molecular weight is 419 g/mol. The van der Waals surface area contributed by atoms with Crippen molar-refractivity contribution in [2.75, 3.05) is 26.8 Å². The van der Waals surface area contributed by atoms with Crippen molar-refractivity contribution in [3.63, 3.8) is 0 Å². The van der Waals surface area contributed by atoms with Crippen molar-refractivity contribution >= 4 is 15.9 Å². The third-order valence-corrected chi connectivity index (χ3v) is 6.26. The van der Waals surface area contributed by atoms with Gasteiger partial charge in [0.2, 0.25) is 10.0 Å². The lowest BCUT2D eigenvalue weighted by Crippen LogP contribution is -2.32. The Kier molecular flexibility index (Phi) is 7.24. The quantitative estimate of drug-likeness (QED) is 0.651. The summed E-state index contributed by atoms with van der Waals surface area (Å²) < 4.78 is 38.9. The fraction of sp³-hybridized carbons (Fsp3) is 0.381. The number of nitrogens with one attached hydrogen (secondary N) is 2. The molecule has 7 nitrogen and oxygen atoms in total. The zero-order valence-electron chi connectivity index (χ0n) is 16.4. The molecule has 1 aliphatic heterocycles. The highest BCUT2D eigenvalue weighted by Gasteiger charge is 2.22. The molecule has 0 unspecified atom stereocenters. The maximum atomic E-state index is 12.8. The lowest BCUT2D eigenvalue weighted by Gasteiger charge is -2.14. The van der Waals surface area contributed by atoms with Crippen molar-refractivity contribution in [2.45, 2.75) is 30.3 Å². The van der Waals surface area contributed by atoms with Crippen LogP contribution in [0.2, 0.25) is 0 Å². The summed E-state index contributed by atoms with van der Waals surface area (Å²) in [5, 5.41) is 2.80. The van der Waals surface area contributed by atoms with Crippen LogP contribution in [0.15, 0.2) is 53.4 Å². The van der Waals surface area contributed by atoms with Gasteiger partial charge in [-0.2, -0.15) is 0 Å². The number of amides is 1. The molecule has 0 radical (unpaired) electrons. The minimum atomic E-state index is -3.84. The van der Waals surface area contributed by atoms with Crippen LogP contribution in [0.25, 0.3) is 0 Å². The maximum absolute atomic E-state index is 12.8. The first-order valence-electron chi connectivity index (χ1n) is 9.61. The highest BCUT2D eigenvalue weighted by Crippen LogP contribution is 2.25. The Morgan fingerprint density at radius 3 is 2.69 bits per heavy atom. The molecule has 29 heavy (non-hydrogen) atoms. The second kappa shape index (κ2) is 9.87. The summed E-state index contributed by atoms with van der Waals surface area (Å²) in [5.41, 5.74) is 1.29. The van der Waals surface area contributed by atoms with E-state index >= 15 is 0 Å². The average Bonchev–Trinajstić information content (AvgIpc) is 3.26. The molecule has 0 bridgehead atoms. The molecule has 0 spiro atoms. The number of benzene rings is 2. The predicted octanol–water partition coefficient (Wildman–Crippen LogP) is 2.12. The molecule has 2 aromatic rings. The number of carbonyl (C=O) groups excluding carboxylic acids is 1. The van der Waals surface area contributed by atoms with Crippen LogP contribution in [-0.4, -0.2) is 47.2 Å². The Hall–Kier alpha value is -2.42. The Balaban J connectivity index is 1.68. The van der Waals surface area contributed by atoms with E-state index in [1.807, 2.05) is 30.3 Å². The Bertz CT molecular complexity index is 925. The molecular weight excluding hydrogens is 392 g/mol. The molecule has 1 saturated heterocycles. The second-order valence-corrected chi connectivity index (χ2v) is 8.58. The van der Waals surface area contributed by atoms with Gasteiger partial charge in [0.05, 0.1) is 13.2 Å². The minimum Gasteiger partial charge on any atom is -0.495 e. The van der Waals surface area contributed by atoms with Gasteiger partial charge in [0.1, 0.15) is 10.6 Å². The van der Waals surface area contributed by atoms with Crippen molar-refractivity contribution in [1.82, 2.24) is 10.0 Å². The van der Waals surface area contributed by atoms with Gasteiger partial charge in [-0.15, -0.1) is 0 Å². The van der Waals surface area contributed by atoms with Crippen LogP contribution in [-0.2, 0) is 21.2 Å². The summed E-state index contributed by atoms with van der Waals surface area (Å²) in [6.07, 6.45) is 2.47. The van der Waals surface area contributed by atoms with Crippen molar-refractivity contribution in [1.29, 1.82) is 0 Å². The summed E-state index contributed by atoms with van der Waals surface area (Å²) >= 11 is 0. The number of methoxy groups -OCH3 is 1. The van der Waals surface area contributed by atoms with Crippen molar-refractivity contribution in [2.24, 2.45) is 0 Å². The summed E-state index contributed by atoms with van der Waals surface area (Å²) in [6, 6.07) is 14.0. The number of ether oxygens (including phenoxy) is 2. The zero-order valence-corrected chi connectivity index (χ0v) is 17.2. The molecule has 3 rings (SSSR count). The molecule has 1 fully saturated rings. The van der Waals surface area contributed by atoms with E-state index < -0.39 is 10.0 Å². The van der Waals surface area contributed by atoms with Crippen LogP contribution in [0.3, 0.4) is 0 Å². The molecule has 0 aliphatic carbocycles. The molecule has 0 aromatic heterocycles. The van der Waals surface area contributed by atoms with Gasteiger partial charge in [-0.05, 0) is 43.0 Å². The molecular formula is C21H26N2O5S. The molecule has 1 heterocycles. The van der Waals surface area contributed by atoms with Crippen LogP contribution in [0.1, 0.15) is 28.8 Å². The first-order valence-corrected chi connectivity index (χ1v) is 11.1. The van der Waals surface area contributed by atoms with E-state index in [1.54, 1.807) is 6.07 Å². The number of hydrogen-bond acceptors (Lipinski definition) is 5. The summed E-state index contributed by atoms with van der Waals surface area (Å²) in [7, 11) is -2.44. The first-order chi connectivity index (χ1) is 14.0. The summed E-state index contributed by atoms with van der Waals surface area (Å²) in [6.45, 7) is 1.35. The van der Waals surface area contributed by atoms with E-state index in [4.69, 9.17) is 9.47 Å². The van der Waals surface area contributed by atoms with Gasteiger partial charge < -0.3 is 14.8 Å². The van der Waals surface area contributed by atoms with E-state index in [9.17, 15) is 13.2 Å². The smallest absolute Gasteiger partial charge is 0.251 e. The third-order valence-electron chi connectivity index (χ3n) is 4.78. The molecule has 1 aliphatic rings. The summed E-state index contributed by atoms with van der Waals surface area (Å²) in [5.74, 6) is -0.156. The molecule has 156 valence electrons. The molecule has 0 saturated carbocycles. The van der Waals surface area contributed by atoms with Gasteiger partial charge in [0, 0.05) is 25.3 Å². The Labute approximate surface area is 171 Å². The van der Waals surface area contributed by atoms with Crippen LogP contribution >= 0.6 is 0 Å². The van der Waals surface area contributed by atoms with Crippen LogP contribution in [0.5, 0.6) is 5.75 Å². The van der Waals surface area contributed by atoms with Gasteiger partial charge in [-0.3, -0.25) is 4.79 Å². The van der Waals surface area contributed by atoms with Gasteiger partial charge in [0.15, 0.2) is 0 Å². The van der Waals surface area contributed by atoms with Gasteiger partial charge in [-0.25, -0.2) is 13.1 Å². The lowest BCUT2D eigenvalue weighted by molar-refractivity contribution is 0.0857. The number of sulfonamides is 1. The van der Waals surface area contributed by atoms with Crippen LogP contribution in [0, 0.1) is 0 Å². The van der Waals surface area contributed by atoms with E-state index in [-0.39, 0.29) is 34.8 Å². The predicted molar refractivity (Wildman–Crippen MR) is 110 cm³/mol. The van der Waals surface area contributed by atoms with Crippen molar-refractivity contribution < 1.29 is 22.7 Å². The van der Waals surface area contributed by atoms with Gasteiger partial charge in [0.25, 0.3) is 5.91 Å². The highest BCUT2D eigenvalue weighted by atomic mass is 32.2. The highest BCUT2D eigenvalue weighted by molar-refractivity contribution is 7.89. The molecule has 1 atom stereocenters. The topological polar surface area (TPSA) is 93.7 Å². The lowest BCUT2D eigenvalue weighted by atomic mass is 10.2. The van der Waals surface area contributed by atoms with Crippen LogP contribution in [0.4, 0.5) is 0 Å². The minimum absolute atomic E-state index is 0.0139. The SMILES string of the molecule is COc1ccc(C(=O)NC[C@@H]2CCCO2)cc1S(=O)(=O)NCCc1ccccc1. The normalized spacial score (nSPS) is 16.5. The monoisotopic (exact) mass is 418 g/mol. The van der Waals surface area contributed by atoms with Gasteiger partial charge >= 0.3 is 0 Å². The Morgan fingerprint density at radius 2 is 2.00 bits per heavy atom. The molecule has 2 aromatic carbocycles. The van der Waals surface area contributed by atoms with E-state index in [0.717, 1.165) is 18.4 Å². The van der Waals surface area contributed by atoms with E-state index in [2.05, 4.69) is 10.0 Å². The van der Waals surface area contributed by atoms with E-state index in [1.165, 1.54) is 19.2 Å². The number of rotatable bonds is 9. The maximum Gasteiger partial charge on any atom is 0.251 e. The first kappa shape index (κ1) is 21.3. The molecule has 2 N–H and O–H groups in total.